The van der Waals surface area contributed by atoms with E-state index >= 15 is 0 Å². The van der Waals surface area contributed by atoms with E-state index in [-0.39, 0.29) is 11.8 Å². The minimum absolute atomic E-state index is 0.0882. The first kappa shape index (κ1) is 11.1. The molecule has 0 saturated heterocycles. The van der Waals surface area contributed by atoms with Crippen LogP contribution in [0.2, 0.25) is 0 Å². The molecule has 0 heterocycles. The average Bonchev–Trinajstić information content (AvgIpc) is 1.95. The molecule has 0 fully saturated rings. The number of nitrogens with one attached hydrogen (secondary N) is 1. The highest BCUT2D eigenvalue weighted by molar-refractivity contribution is 7.99. The van der Waals surface area contributed by atoms with Gasteiger partial charge < -0.3 is 15.2 Å². The molecule has 0 aromatic heterocycles. The summed E-state index contributed by atoms with van der Waals surface area (Å²) >= 11 is 1.31. The van der Waals surface area contributed by atoms with Gasteiger partial charge in [0.15, 0.2) is 0 Å². The van der Waals surface area contributed by atoms with Crippen molar-refractivity contribution in [2.45, 2.75) is 6.92 Å². The highest BCUT2D eigenvalue weighted by Gasteiger charge is 1.95. The maximum Gasteiger partial charge on any atom is 0.506 e. The van der Waals surface area contributed by atoms with Gasteiger partial charge in [-0.25, -0.2) is 4.79 Å². The van der Waals surface area contributed by atoms with E-state index in [1.54, 1.807) is 0 Å². The van der Waals surface area contributed by atoms with Crippen molar-refractivity contribution in [3.8, 4) is 0 Å². The van der Waals surface area contributed by atoms with E-state index in [0.717, 1.165) is 0 Å². The Hall–Kier alpha value is -0.910. The smallest absolute Gasteiger partial charge is 0.450 e. The first-order valence-corrected chi connectivity index (χ1v) is 4.46. The highest BCUT2D eigenvalue weighted by atomic mass is 32.2. The monoisotopic (exact) mass is 193 g/mol. The van der Waals surface area contributed by atoms with Gasteiger partial charge >= 0.3 is 6.16 Å². The van der Waals surface area contributed by atoms with Crippen LogP contribution in [0, 0.1) is 0 Å². The van der Waals surface area contributed by atoms with E-state index in [0.29, 0.717) is 12.3 Å². The third kappa shape index (κ3) is 9.09. The van der Waals surface area contributed by atoms with Crippen LogP contribution in [0.15, 0.2) is 0 Å². The Labute approximate surface area is 74.5 Å². The number of rotatable bonds is 5. The molecule has 0 aliphatic heterocycles. The molecule has 0 aromatic rings. The van der Waals surface area contributed by atoms with Crippen LogP contribution in [0.3, 0.4) is 0 Å². The fourth-order valence-corrected chi connectivity index (χ4v) is 0.999. The van der Waals surface area contributed by atoms with E-state index in [2.05, 4.69) is 10.1 Å². The minimum Gasteiger partial charge on any atom is -0.450 e. The van der Waals surface area contributed by atoms with E-state index in [1.807, 2.05) is 0 Å². The molecule has 0 aliphatic rings. The van der Waals surface area contributed by atoms with Gasteiger partial charge in [0.1, 0.15) is 5.94 Å². The maximum atomic E-state index is 10.3. The SMILES string of the molecule is CC(=O)NCCSCOC(=O)O. The van der Waals surface area contributed by atoms with Gasteiger partial charge in [-0.2, -0.15) is 0 Å². The van der Waals surface area contributed by atoms with E-state index in [9.17, 15) is 9.59 Å². The largest absolute Gasteiger partial charge is 0.506 e. The van der Waals surface area contributed by atoms with Crippen LogP contribution in [-0.4, -0.2) is 35.4 Å². The second-order valence-electron chi connectivity index (χ2n) is 1.92. The van der Waals surface area contributed by atoms with Crippen molar-refractivity contribution in [2.24, 2.45) is 0 Å². The van der Waals surface area contributed by atoms with Crippen molar-refractivity contribution in [2.75, 3.05) is 18.2 Å². The van der Waals surface area contributed by atoms with E-state index in [4.69, 9.17) is 5.11 Å². The average molecular weight is 193 g/mol. The third-order valence-electron chi connectivity index (χ3n) is 0.886. The predicted molar refractivity (Wildman–Crippen MR) is 45.1 cm³/mol. The van der Waals surface area contributed by atoms with Gasteiger partial charge in [0.05, 0.1) is 0 Å². The van der Waals surface area contributed by atoms with Gasteiger partial charge in [0.2, 0.25) is 5.91 Å². The molecular formula is C6H11NO4S. The molecule has 0 rings (SSSR count). The van der Waals surface area contributed by atoms with Crippen LogP contribution in [0.1, 0.15) is 6.92 Å². The summed E-state index contributed by atoms with van der Waals surface area (Å²) in [5.41, 5.74) is 0. The standard InChI is InChI=1S/C6H11NO4S/c1-5(8)7-2-3-12-4-11-6(9)10/h2-4H2,1H3,(H,7,8)(H,9,10). The number of ether oxygens (including phenoxy) is 1. The Morgan fingerprint density at radius 2 is 2.25 bits per heavy atom. The van der Waals surface area contributed by atoms with Crippen molar-refractivity contribution >= 4 is 23.8 Å². The second-order valence-corrected chi connectivity index (χ2v) is 2.97. The quantitative estimate of drug-likeness (QED) is 0.378. The van der Waals surface area contributed by atoms with E-state index < -0.39 is 6.16 Å². The summed E-state index contributed by atoms with van der Waals surface area (Å²) in [5.74, 6) is 0.664. The lowest BCUT2D eigenvalue weighted by atomic mass is 10.6. The Kier molecular flexibility index (Phi) is 6.26. The number of thioether (sulfide) groups is 1. The van der Waals surface area contributed by atoms with Crippen molar-refractivity contribution in [1.29, 1.82) is 0 Å². The van der Waals surface area contributed by atoms with Crippen LogP contribution in [-0.2, 0) is 9.53 Å². The number of carbonyl (C=O) groups is 2. The number of hydrogen-bond donors (Lipinski definition) is 2. The lowest BCUT2D eigenvalue weighted by Gasteiger charge is -2.01. The molecule has 70 valence electrons. The van der Waals surface area contributed by atoms with Crippen molar-refractivity contribution in [1.82, 2.24) is 5.32 Å². The van der Waals surface area contributed by atoms with Crippen molar-refractivity contribution < 1.29 is 19.4 Å². The van der Waals surface area contributed by atoms with Crippen molar-refractivity contribution in [3.63, 3.8) is 0 Å². The summed E-state index contributed by atoms with van der Waals surface area (Å²) in [7, 11) is 0. The fourth-order valence-electron chi connectivity index (χ4n) is 0.450. The number of amides is 1. The molecule has 1 amide bonds. The molecule has 0 atom stereocenters. The summed E-state index contributed by atoms with van der Waals surface area (Å²) in [4.78, 5) is 20.2. The van der Waals surface area contributed by atoms with Gasteiger partial charge in [0, 0.05) is 19.2 Å². The molecular weight excluding hydrogens is 182 g/mol. The molecule has 0 saturated carbocycles. The zero-order valence-electron chi connectivity index (χ0n) is 6.70. The van der Waals surface area contributed by atoms with Gasteiger partial charge in [0.25, 0.3) is 0 Å². The minimum atomic E-state index is -1.28. The molecule has 0 unspecified atom stereocenters. The lowest BCUT2D eigenvalue weighted by Crippen LogP contribution is -2.22. The van der Waals surface area contributed by atoms with Crippen LogP contribution in [0.4, 0.5) is 4.79 Å². The summed E-state index contributed by atoms with van der Waals surface area (Å²) in [6.07, 6.45) is -1.28. The number of carboxylic acid groups (broad SMARTS) is 1. The first-order chi connectivity index (χ1) is 5.63. The van der Waals surface area contributed by atoms with Gasteiger partial charge in [-0.3, -0.25) is 4.79 Å². The Morgan fingerprint density at radius 1 is 1.58 bits per heavy atom. The normalized spacial score (nSPS) is 9.08. The molecule has 2 N–H and O–H groups in total. The third-order valence-corrected chi connectivity index (χ3v) is 1.66. The molecule has 12 heavy (non-hydrogen) atoms. The first-order valence-electron chi connectivity index (χ1n) is 3.31. The topological polar surface area (TPSA) is 75.6 Å². The summed E-state index contributed by atoms with van der Waals surface area (Å²) in [6.45, 7) is 1.96. The Morgan fingerprint density at radius 3 is 2.75 bits per heavy atom. The predicted octanol–water partition coefficient (Wildman–Crippen LogP) is 0.508. The molecule has 0 radical (unpaired) electrons. The molecule has 0 aromatic carbocycles. The molecule has 6 heteroatoms. The Bertz CT molecular complexity index is 144. The van der Waals surface area contributed by atoms with Crippen LogP contribution in [0.5, 0.6) is 0 Å². The van der Waals surface area contributed by atoms with Gasteiger partial charge in [-0.15, -0.1) is 11.8 Å². The number of hydrogen-bond acceptors (Lipinski definition) is 4. The van der Waals surface area contributed by atoms with Crippen LogP contribution < -0.4 is 5.32 Å². The lowest BCUT2D eigenvalue weighted by molar-refractivity contribution is -0.118. The zero-order chi connectivity index (χ0) is 9.40. The van der Waals surface area contributed by atoms with Crippen molar-refractivity contribution in [3.05, 3.63) is 0 Å². The maximum absolute atomic E-state index is 10.3. The molecule has 0 spiro atoms. The molecule has 0 aliphatic carbocycles. The molecule has 5 nitrogen and oxygen atoms in total. The van der Waals surface area contributed by atoms with Gasteiger partial charge in [-0.05, 0) is 0 Å². The van der Waals surface area contributed by atoms with E-state index in [1.165, 1.54) is 18.7 Å². The van der Waals surface area contributed by atoms with Gasteiger partial charge in [-0.1, -0.05) is 0 Å². The highest BCUT2D eigenvalue weighted by Crippen LogP contribution is 1.98. The summed E-state index contributed by atoms with van der Waals surface area (Å²) in [5, 5.41) is 10.6. The molecule has 0 bridgehead atoms. The zero-order valence-corrected chi connectivity index (χ0v) is 7.52. The summed E-state index contributed by atoms with van der Waals surface area (Å²) in [6, 6.07) is 0. The number of carbonyl (C=O) groups excluding carboxylic acids is 1. The Balaban J connectivity index is 3.01. The fraction of sp³-hybridized carbons (Fsp3) is 0.667. The van der Waals surface area contributed by atoms with Crippen LogP contribution >= 0.6 is 11.8 Å². The second kappa shape index (κ2) is 6.78. The van der Waals surface area contributed by atoms with Crippen LogP contribution in [0.25, 0.3) is 0 Å². The summed E-state index contributed by atoms with van der Waals surface area (Å²) < 4.78 is 4.22.